The van der Waals surface area contributed by atoms with Crippen molar-refractivity contribution in [3.63, 3.8) is 0 Å². The van der Waals surface area contributed by atoms with Gasteiger partial charge in [-0.05, 0) is 86.8 Å². The molecule has 31 heavy (non-hydrogen) atoms. The van der Waals surface area contributed by atoms with Crippen molar-refractivity contribution in [1.29, 1.82) is 0 Å². The van der Waals surface area contributed by atoms with Gasteiger partial charge in [0.1, 0.15) is 5.82 Å². The zero-order valence-corrected chi connectivity index (χ0v) is 18.3. The molecule has 0 radical (unpaired) electrons. The van der Waals surface area contributed by atoms with Crippen LogP contribution in [0.2, 0.25) is 0 Å². The van der Waals surface area contributed by atoms with E-state index in [0.717, 1.165) is 34.5 Å². The summed E-state index contributed by atoms with van der Waals surface area (Å²) in [6.07, 6.45) is 0.487. The average molecular weight is 439 g/mol. The predicted molar refractivity (Wildman–Crippen MR) is 120 cm³/mol. The molecular formula is C24H23FN2O3S. The fourth-order valence-electron chi connectivity index (χ4n) is 3.98. The van der Waals surface area contributed by atoms with Gasteiger partial charge in [0, 0.05) is 17.3 Å². The summed E-state index contributed by atoms with van der Waals surface area (Å²) in [5, 5.41) is 2.92. The molecule has 1 heterocycles. The van der Waals surface area contributed by atoms with E-state index in [2.05, 4.69) is 5.32 Å². The smallest absolute Gasteiger partial charge is 0.264 e. The highest BCUT2D eigenvalue weighted by atomic mass is 32.2. The number of carbonyl (C=O) groups is 1. The highest BCUT2D eigenvalue weighted by Crippen LogP contribution is 2.37. The largest absolute Gasteiger partial charge is 0.322 e. The summed E-state index contributed by atoms with van der Waals surface area (Å²) in [6, 6.07) is 15.3. The number of hydrogen-bond acceptors (Lipinski definition) is 3. The van der Waals surface area contributed by atoms with Crippen molar-refractivity contribution >= 4 is 27.3 Å². The standard InChI is InChI=1S/C24H23FN2O3S/c1-15-4-10-22(16(2)12-15)26-24(28)18-5-11-23-19(14-18)13-17(3)27(23)31(29,30)21-8-6-20(25)7-9-21/h4-12,14,17H,13H2,1-3H3,(H,26,28)/t17-/m1/s1. The highest BCUT2D eigenvalue weighted by Gasteiger charge is 2.36. The minimum absolute atomic E-state index is 0.0327. The number of fused-ring (bicyclic) bond motifs is 1. The number of nitrogens with one attached hydrogen (secondary N) is 1. The van der Waals surface area contributed by atoms with E-state index in [1.165, 1.54) is 16.4 Å². The average Bonchev–Trinajstić information content (AvgIpc) is 3.06. The highest BCUT2D eigenvalue weighted by molar-refractivity contribution is 7.92. The maximum absolute atomic E-state index is 13.2. The molecule has 0 aromatic heterocycles. The van der Waals surface area contributed by atoms with Gasteiger partial charge >= 0.3 is 0 Å². The van der Waals surface area contributed by atoms with E-state index in [9.17, 15) is 17.6 Å². The molecule has 1 aliphatic rings. The van der Waals surface area contributed by atoms with Crippen LogP contribution in [0.5, 0.6) is 0 Å². The summed E-state index contributed by atoms with van der Waals surface area (Å²) in [4.78, 5) is 12.8. The Morgan fingerprint density at radius 3 is 2.42 bits per heavy atom. The maximum Gasteiger partial charge on any atom is 0.264 e. The number of benzene rings is 3. The number of rotatable bonds is 4. The minimum atomic E-state index is -3.84. The third-order valence-electron chi connectivity index (χ3n) is 5.50. The Balaban J connectivity index is 1.63. The lowest BCUT2D eigenvalue weighted by molar-refractivity contribution is 0.102. The molecule has 4 rings (SSSR count). The molecule has 1 N–H and O–H groups in total. The van der Waals surface area contributed by atoms with Crippen LogP contribution in [-0.2, 0) is 16.4 Å². The van der Waals surface area contributed by atoms with Crippen LogP contribution in [-0.4, -0.2) is 20.4 Å². The van der Waals surface area contributed by atoms with E-state index in [1.54, 1.807) is 18.2 Å². The minimum Gasteiger partial charge on any atom is -0.322 e. The second-order valence-corrected chi connectivity index (χ2v) is 9.74. The SMILES string of the molecule is Cc1ccc(NC(=O)c2ccc3c(c2)C[C@@H](C)N3S(=O)(=O)c2ccc(F)cc2)c(C)c1. The first kappa shape index (κ1) is 21.1. The van der Waals surface area contributed by atoms with Crippen molar-refractivity contribution < 1.29 is 17.6 Å². The molecule has 3 aromatic carbocycles. The van der Waals surface area contributed by atoms with Crippen LogP contribution in [0, 0.1) is 19.7 Å². The Morgan fingerprint density at radius 2 is 1.74 bits per heavy atom. The molecule has 1 aliphatic heterocycles. The summed E-state index contributed by atoms with van der Waals surface area (Å²) in [5.41, 5.74) is 4.62. The van der Waals surface area contributed by atoms with Crippen molar-refractivity contribution in [2.45, 2.75) is 38.1 Å². The van der Waals surface area contributed by atoms with Crippen molar-refractivity contribution in [3.05, 3.63) is 88.7 Å². The topological polar surface area (TPSA) is 66.5 Å². The Morgan fingerprint density at radius 1 is 1.03 bits per heavy atom. The van der Waals surface area contributed by atoms with Crippen molar-refractivity contribution in [3.8, 4) is 0 Å². The predicted octanol–water partition coefficient (Wildman–Crippen LogP) is 4.83. The third-order valence-corrected chi connectivity index (χ3v) is 7.44. The fourth-order valence-corrected chi connectivity index (χ4v) is 5.67. The molecule has 0 spiro atoms. The summed E-state index contributed by atoms with van der Waals surface area (Å²) in [6.45, 7) is 5.74. The van der Waals surface area contributed by atoms with Gasteiger partial charge in [0.2, 0.25) is 0 Å². The number of aryl methyl sites for hydroxylation is 2. The monoisotopic (exact) mass is 438 g/mol. The molecule has 0 bridgehead atoms. The van der Waals surface area contributed by atoms with E-state index < -0.39 is 15.8 Å². The second-order valence-electron chi connectivity index (χ2n) is 7.92. The lowest BCUT2D eigenvalue weighted by Crippen LogP contribution is -2.35. The number of sulfonamides is 1. The van der Waals surface area contributed by atoms with E-state index in [0.29, 0.717) is 17.7 Å². The van der Waals surface area contributed by atoms with E-state index in [-0.39, 0.29) is 16.8 Å². The van der Waals surface area contributed by atoms with Gasteiger partial charge < -0.3 is 5.32 Å². The molecule has 5 nitrogen and oxygen atoms in total. The molecular weight excluding hydrogens is 415 g/mol. The van der Waals surface area contributed by atoms with Gasteiger partial charge in [-0.2, -0.15) is 0 Å². The Bertz CT molecular complexity index is 1270. The van der Waals surface area contributed by atoms with Gasteiger partial charge in [-0.25, -0.2) is 12.8 Å². The summed E-state index contributed by atoms with van der Waals surface area (Å²) < 4.78 is 40.9. The lowest BCUT2D eigenvalue weighted by Gasteiger charge is -2.24. The van der Waals surface area contributed by atoms with Gasteiger partial charge in [0.05, 0.1) is 10.6 Å². The van der Waals surface area contributed by atoms with E-state index in [4.69, 9.17) is 0 Å². The lowest BCUT2D eigenvalue weighted by atomic mass is 10.1. The Kier molecular flexibility index (Phi) is 5.31. The van der Waals surface area contributed by atoms with Crippen molar-refractivity contribution in [2.24, 2.45) is 0 Å². The quantitative estimate of drug-likeness (QED) is 0.634. The maximum atomic E-state index is 13.2. The molecule has 3 aromatic rings. The van der Waals surface area contributed by atoms with E-state index >= 15 is 0 Å². The van der Waals surface area contributed by atoms with Crippen LogP contribution < -0.4 is 9.62 Å². The molecule has 7 heteroatoms. The molecule has 0 saturated carbocycles. The molecule has 1 amide bonds. The van der Waals surface area contributed by atoms with Crippen LogP contribution in [0.3, 0.4) is 0 Å². The molecule has 0 unspecified atom stereocenters. The van der Waals surface area contributed by atoms with E-state index in [1.807, 2.05) is 39.0 Å². The van der Waals surface area contributed by atoms with Gasteiger partial charge in [-0.3, -0.25) is 9.10 Å². The van der Waals surface area contributed by atoms with Gasteiger partial charge in [0.15, 0.2) is 0 Å². The first-order chi connectivity index (χ1) is 14.7. The number of halogens is 1. The first-order valence-corrected chi connectivity index (χ1v) is 11.4. The summed E-state index contributed by atoms with van der Waals surface area (Å²) in [7, 11) is -3.84. The van der Waals surface area contributed by atoms with Gasteiger partial charge in [0.25, 0.3) is 15.9 Å². The second kappa shape index (κ2) is 7.81. The molecule has 160 valence electrons. The van der Waals surface area contributed by atoms with Crippen LogP contribution >= 0.6 is 0 Å². The van der Waals surface area contributed by atoms with Crippen LogP contribution in [0.1, 0.15) is 34.0 Å². The zero-order chi connectivity index (χ0) is 22.3. The molecule has 0 saturated heterocycles. The normalized spacial score (nSPS) is 15.6. The van der Waals surface area contributed by atoms with Crippen molar-refractivity contribution in [1.82, 2.24) is 0 Å². The van der Waals surface area contributed by atoms with Crippen LogP contribution in [0.25, 0.3) is 0 Å². The zero-order valence-electron chi connectivity index (χ0n) is 17.5. The van der Waals surface area contributed by atoms with Gasteiger partial charge in [-0.1, -0.05) is 17.7 Å². The first-order valence-electron chi connectivity index (χ1n) is 9.98. The van der Waals surface area contributed by atoms with Crippen LogP contribution in [0.4, 0.5) is 15.8 Å². The molecule has 0 fully saturated rings. The van der Waals surface area contributed by atoms with Crippen molar-refractivity contribution in [2.75, 3.05) is 9.62 Å². The summed E-state index contributed by atoms with van der Waals surface area (Å²) in [5.74, 6) is -0.740. The van der Waals surface area contributed by atoms with Gasteiger partial charge in [-0.15, -0.1) is 0 Å². The number of nitrogens with zero attached hydrogens (tertiary/aromatic N) is 1. The Hall–Kier alpha value is -3.19. The number of hydrogen-bond donors (Lipinski definition) is 1. The summed E-state index contributed by atoms with van der Waals surface area (Å²) >= 11 is 0. The van der Waals surface area contributed by atoms with Crippen LogP contribution in [0.15, 0.2) is 65.6 Å². The fraction of sp³-hybridized carbons (Fsp3) is 0.208. The number of amides is 1. The third kappa shape index (κ3) is 3.93. The number of anilines is 2. The molecule has 0 aliphatic carbocycles. The number of carbonyl (C=O) groups excluding carboxylic acids is 1. The molecule has 1 atom stereocenters. The Labute approximate surface area is 181 Å².